The molecule has 0 spiro atoms. The van der Waals surface area contributed by atoms with E-state index in [4.69, 9.17) is 19.4 Å². The molecule has 0 amide bonds. The summed E-state index contributed by atoms with van der Waals surface area (Å²) in [6, 6.07) is 13.3. The van der Waals surface area contributed by atoms with Gasteiger partial charge in [-0.1, -0.05) is 35.4 Å². The fraction of sp³-hybridized carbons (Fsp3) is 0.412. The van der Waals surface area contributed by atoms with Crippen molar-refractivity contribution >= 4 is 0 Å². The molecule has 1 fully saturated rings. The zero-order valence-corrected chi connectivity index (χ0v) is 12.9. The van der Waals surface area contributed by atoms with Gasteiger partial charge in [0.2, 0.25) is 0 Å². The second-order valence-electron chi connectivity index (χ2n) is 5.61. The molecule has 6 nitrogen and oxygen atoms in total. The van der Waals surface area contributed by atoms with Crippen molar-refractivity contribution in [3.63, 3.8) is 0 Å². The van der Waals surface area contributed by atoms with Crippen molar-refractivity contribution in [2.45, 2.75) is 44.3 Å². The van der Waals surface area contributed by atoms with E-state index in [1.54, 1.807) is 6.26 Å². The SMILES string of the molecule is C[C@H]1O[C@@H](c2ccco2)C[C@@H](N=[N+]=[N-])[C@@H]1OCc1ccccc1. The highest BCUT2D eigenvalue weighted by atomic mass is 16.6. The molecule has 1 aromatic heterocycles. The lowest BCUT2D eigenvalue weighted by atomic mass is 9.95. The Kier molecular flexibility index (Phi) is 4.98. The Hall–Kier alpha value is -2.27. The van der Waals surface area contributed by atoms with Gasteiger partial charge in [0.15, 0.2) is 0 Å². The van der Waals surface area contributed by atoms with E-state index in [1.165, 1.54) is 0 Å². The number of benzene rings is 1. The maximum Gasteiger partial charge on any atom is 0.132 e. The number of hydrogen-bond donors (Lipinski definition) is 0. The van der Waals surface area contributed by atoms with Crippen molar-refractivity contribution in [1.82, 2.24) is 0 Å². The fourth-order valence-corrected chi connectivity index (χ4v) is 2.91. The molecule has 0 unspecified atom stereocenters. The highest BCUT2D eigenvalue weighted by Gasteiger charge is 2.38. The van der Waals surface area contributed by atoms with E-state index in [9.17, 15) is 0 Å². The molecule has 4 atom stereocenters. The van der Waals surface area contributed by atoms with Crippen LogP contribution in [0.3, 0.4) is 0 Å². The van der Waals surface area contributed by atoms with Gasteiger partial charge < -0.3 is 13.9 Å². The molecule has 1 aliphatic rings. The molecule has 6 heteroatoms. The molecule has 0 aliphatic carbocycles. The molecule has 1 saturated heterocycles. The van der Waals surface area contributed by atoms with Gasteiger partial charge in [-0.25, -0.2) is 0 Å². The van der Waals surface area contributed by atoms with Crippen molar-refractivity contribution < 1.29 is 13.9 Å². The lowest BCUT2D eigenvalue weighted by molar-refractivity contribution is -0.151. The van der Waals surface area contributed by atoms with Crippen LogP contribution in [-0.2, 0) is 16.1 Å². The molecule has 0 N–H and O–H groups in total. The van der Waals surface area contributed by atoms with Crippen molar-refractivity contribution in [3.8, 4) is 0 Å². The normalized spacial score (nSPS) is 27.3. The van der Waals surface area contributed by atoms with Gasteiger partial charge in [-0.05, 0) is 36.6 Å². The molecule has 3 rings (SSSR count). The zero-order valence-electron chi connectivity index (χ0n) is 12.9. The summed E-state index contributed by atoms with van der Waals surface area (Å²) < 4.78 is 17.4. The van der Waals surface area contributed by atoms with E-state index in [1.807, 2.05) is 49.4 Å². The van der Waals surface area contributed by atoms with Gasteiger partial charge in [0.25, 0.3) is 0 Å². The van der Waals surface area contributed by atoms with Crippen molar-refractivity contribution in [2.75, 3.05) is 0 Å². The van der Waals surface area contributed by atoms with E-state index in [0.29, 0.717) is 13.0 Å². The van der Waals surface area contributed by atoms with Crippen LogP contribution in [0.2, 0.25) is 0 Å². The Morgan fingerprint density at radius 2 is 2.09 bits per heavy atom. The average molecular weight is 313 g/mol. The molecule has 0 bridgehead atoms. The van der Waals surface area contributed by atoms with Crippen LogP contribution in [-0.4, -0.2) is 18.2 Å². The Labute approximate surface area is 134 Å². The lowest BCUT2D eigenvalue weighted by Gasteiger charge is -2.37. The molecule has 2 aromatic rings. The summed E-state index contributed by atoms with van der Waals surface area (Å²) in [4.78, 5) is 2.97. The standard InChI is InChI=1S/C17H19N3O3/c1-12-17(22-11-13-6-3-2-4-7-13)14(19-20-18)10-16(23-12)15-8-5-9-21-15/h2-9,12,14,16-17H,10-11H2,1H3/t12-,14-,16-,17-/m1/s1. The Morgan fingerprint density at radius 1 is 1.26 bits per heavy atom. The lowest BCUT2D eigenvalue weighted by Crippen LogP contribution is -2.44. The van der Waals surface area contributed by atoms with Gasteiger partial charge in [0.05, 0.1) is 31.1 Å². The van der Waals surface area contributed by atoms with Crippen LogP contribution in [0.15, 0.2) is 58.3 Å². The smallest absolute Gasteiger partial charge is 0.132 e. The minimum Gasteiger partial charge on any atom is -0.467 e. The van der Waals surface area contributed by atoms with Gasteiger partial charge in [0.1, 0.15) is 11.9 Å². The van der Waals surface area contributed by atoms with Crippen molar-refractivity contribution in [2.24, 2.45) is 5.11 Å². The minimum absolute atomic E-state index is 0.196. The third-order valence-corrected chi connectivity index (χ3v) is 4.02. The van der Waals surface area contributed by atoms with E-state index in [2.05, 4.69) is 10.0 Å². The molecule has 0 saturated carbocycles. The van der Waals surface area contributed by atoms with Gasteiger partial charge in [-0.15, -0.1) is 0 Å². The summed E-state index contributed by atoms with van der Waals surface area (Å²) in [7, 11) is 0. The third kappa shape index (κ3) is 3.74. The van der Waals surface area contributed by atoms with Crippen LogP contribution >= 0.6 is 0 Å². The van der Waals surface area contributed by atoms with E-state index >= 15 is 0 Å². The maximum atomic E-state index is 8.86. The topological polar surface area (TPSA) is 80.4 Å². The zero-order chi connectivity index (χ0) is 16.1. The maximum absolute atomic E-state index is 8.86. The van der Waals surface area contributed by atoms with Gasteiger partial charge in [-0.3, -0.25) is 0 Å². The molecule has 0 radical (unpaired) electrons. The molecular formula is C17H19N3O3. The summed E-state index contributed by atoms with van der Waals surface area (Å²) in [5.41, 5.74) is 9.94. The van der Waals surface area contributed by atoms with E-state index < -0.39 is 0 Å². The summed E-state index contributed by atoms with van der Waals surface area (Å²) in [5, 5.41) is 3.92. The number of rotatable bonds is 5. The van der Waals surface area contributed by atoms with E-state index in [0.717, 1.165) is 11.3 Å². The van der Waals surface area contributed by atoms with Crippen molar-refractivity contribution in [1.29, 1.82) is 0 Å². The van der Waals surface area contributed by atoms with Gasteiger partial charge >= 0.3 is 0 Å². The molecule has 2 heterocycles. The average Bonchev–Trinajstić information content (AvgIpc) is 3.09. The third-order valence-electron chi connectivity index (χ3n) is 4.02. The Bertz CT molecular complexity index is 653. The van der Waals surface area contributed by atoms with Crippen LogP contribution in [0.5, 0.6) is 0 Å². The predicted octanol–water partition coefficient (Wildman–Crippen LogP) is 4.39. The van der Waals surface area contributed by atoms with Crippen LogP contribution in [0, 0.1) is 0 Å². The minimum atomic E-state index is -0.289. The first-order chi connectivity index (χ1) is 11.3. The van der Waals surface area contributed by atoms with Crippen LogP contribution in [0.4, 0.5) is 0 Å². The Morgan fingerprint density at radius 3 is 2.78 bits per heavy atom. The van der Waals surface area contributed by atoms with E-state index in [-0.39, 0.29) is 24.4 Å². The van der Waals surface area contributed by atoms with Gasteiger partial charge in [0, 0.05) is 4.91 Å². The summed E-state index contributed by atoms with van der Waals surface area (Å²) in [6.45, 7) is 2.40. The molecule has 1 aromatic carbocycles. The van der Waals surface area contributed by atoms with Gasteiger partial charge in [-0.2, -0.15) is 0 Å². The first-order valence-corrected chi connectivity index (χ1v) is 7.66. The summed E-state index contributed by atoms with van der Waals surface area (Å²) in [6.07, 6.45) is 1.47. The molecule has 23 heavy (non-hydrogen) atoms. The monoisotopic (exact) mass is 313 g/mol. The largest absolute Gasteiger partial charge is 0.467 e. The summed E-state index contributed by atoms with van der Waals surface area (Å²) in [5.74, 6) is 0.747. The number of ether oxygens (including phenoxy) is 2. The predicted molar refractivity (Wildman–Crippen MR) is 84.6 cm³/mol. The van der Waals surface area contributed by atoms with Crippen LogP contribution < -0.4 is 0 Å². The Balaban J connectivity index is 1.70. The number of nitrogens with zero attached hydrogens (tertiary/aromatic N) is 3. The second-order valence-corrected chi connectivity index (χ2v) is 5.61. The quantitative estimate of drug-likeness (QED) is 0.466. The highest BCUT2D eigenvalue weighted by Crippen LogP contribution is 2.35. The highest BCUT2D eigenvalue weighted by molar-refractivity contribution is 5.13. The molecular weight excluding hydrogens is 294 g/mol. The first-order valence-electron chi connectivity index (χ1n) is 7.66. The van der Waals surface area contributed by atoms with Crippen LogP contribution in [0.1, 0.15) is 30.8 Å². The molecule has 120 valence electrons. The number of hydrogen-bond acceptors (Lipinski definition) is 4. The molecule has 1 aliphatic heterocycles. The van der Waals surface area contributed by atoms with Crippen molar-refractivity contribution in [3.05, 3.63) is 70.5 Å². The van der Waals surface area contributed by atoms with Crippen LogP contribution in [0.25, 0.3) is 10.4 Å². The second kappa shape index (κ2) is 7.33. The first kappa shape index (κ1) is 15.6. The number of azide groups is 1. The summed E-state index contributed by atoms with van der Waals surface area (Å²) >= 11 is 0. The number of furan rings is 1. The fourth-order valence-electron chi connectivity index (χ4n) is 2.91.